The zero-order valence-electron chi connectivity index (χ0n) is 68.1. The fourth-order valence-corrected chi connectivity index (χ4v) is 14.3. The number of rotatable bonds is 22. The van der Waals surface area contributed by atoms with Crippen LogP contribution in [0.1, 0.15) is 95.2 Å². The van der Waals surface area contributed by atoms with Gasteiger partial charge in [0, 0.05) is 93.7 Å². The standard InChI is InChI=1S/C29H33N7O2.C21H24IN7O.C17H19IN6O2.C9H14ClNO.C8H11BO2/c1-19-13-14-20(16-24(19)38-4)27-26-28(30)31-18-32-29(26)36(33-27)23-11-6-10-22(17-23)35(3)25(37)12-7-15-34(2)21-8-5-9-21;1-27(14-6-3-7-14)11-5-10-17(30)28(2)15-8-4-9-16(12-15)29-21-18(19(22)26-29)20(23)24-13-25-21;1-17(2,3)26-16(25)22-14-12-13(18)23-24(15(12)21-9-20-14)11-7-5-6-10(8-11)19-4;1-11(8-4-2-5-8)7-3-6-9(10)12;1-6-3-4-8(9(10)11)5-7(6)2/h6-7,10-14,16-18,21H,5,8-9,15H2,1-4H3,(H2,30,31,32);4-5,8-10,12-14H,3,6-7,11H2,1-2H3,(H2,23,24,25);5-9,19H,1-4H3,(H,20,21,22,25);3,6,8H,2,4-5,7H2,1H3;3-5,10-11H,1-2H3/b12-7+;10-5+;;6-3+;. The van der Waals surface area contributed by atoms with Crippen LogP contribution in [-0.2, 0) is 19.1 Å². The first-order chi connectivity index (χ1) is 55.9. The first kappa shape index (κ1) is 89.0. The molecule has 0 bridgehead atoms. The second kappa shape index (κ2) is 41.2. The Hall–Kier alpha value is -10.3. The van der Waals surface area contributed by atoms with Gasteiger partial charge in [0.1, 0.15) is 55.1 Å². The van der Waals surface area contributed by atoms with Gasteiger partial charge >= 0.3 is 13.2 Å². The fraction of sp³-hybridized carbons (Fsp3) is 0.345. The predicted molar refractivity (Wildman–Crippen MR) is 482 cm³/mol. The number of likely N-dealkylation sites (N-methyl/N-ethyl adjacent to an activating group) is 5. The van der Waals surface area contributed by atoms with Gasteiger partial charge in [0.2, 0.25) is 17.1 Å². The average Bonchev–Trinajstić information content (AvgIpc) is 1.62. The number of aryl methyl sites for hydroxylation is 3. The van der Waals surface area contributed by atoms with E-state index in [1.807, 2.05) is 143 Å². The summed E-state index contributed by atoms with van der Waals surface area (Å²) in [6.07, 6.45) is 25.6. The van der Waals surface area contributed by atoms with Gasteiger partial charge in [0.15, 0.2) is 22.8 Å². The molecule has 0 unspecified atom stereocenters. The van der Waals surface area contributed by atoms with E-state index >= 15 is 0 Å². The summed E-state index contributed by atoms with van der Waals surface area (Å²) in [6.45, 7) is 13.7. The second-order valence-corrected chi connectivity index (χ2v) is 32.2. The number of ether oxygens (including phenoxy) is 2. The van der Waals surface area contributed by atoms with Gasteiger partial charge in [-0.2, -0.15) is 15.3 Å². The number of nitrogens with one attached hydrogen (secondary N) is 2. The summed E-state index contributed by atoms with van der Waals surface area (Å²) in [5, 5.41) is 39.1. The van der Waals surface area contributed by atoms with Crippen molar-refractivity contribution in [3.8, 4) is 34.1 Å². The summed E-state index contributed by atoms with van der Waals surface area (Å²) in [4.78, 5) is 83.7. The molecule has 33 heteroatoms. The third-order valence-corrected chi connectivity index (χ3v) is 22.1. The van der Waals surface area contributed by atoms with Crippen LogP contribution in [0.15, 0.2) is 165 Å². The number of fused-ring (bicyclic) bond motifs is 3. The molecular formula is C84H101BClI2N21O8. The molecule has 0 aliphatic heterocycles. The van der Waals surface area contributed by atoms with Crippen molar-refractivity contribution in [3.63, 3.8) is 0 Å². The van der Waals surface area contributed by atoms with Crippen molar-refractivity contribution < 1.29 is 38.7 Å². The Morgan fingerprint density at radius 2 is 1.03 bits per heavy atom. The highest BCUT2D eigenvalue weighted by Gasteiger charge is 2.27. The van der Waals surface area contributed by atoms with Crippen molar-refractivity contribution in [1.82, 2.24) is 73.9 Å². The number of methoxy groups -OCH3 is 1. The molecule has 3 fully saturated rings. The molecular weight excluding hydrogens is 1730 g/mol. The van der Waals surface area contributed by atoms with Gasteiger partial charge in [-0.1, -0.05) is 86.0 Å². The normalized spacial score (nSPS) is 13.6. The summed E-state index contributed by atoms with van der Waals surface area (Å²) in [5.41, 5.74) is 23.7. The highest BCUT2D eigenvalue weighted by Crippen LogP contribution is 2.36. The first-order valence-corrected chi connectivity index (χ1v) is 40.9. The van der Waals surface area contributed by atoms with E-state index < -0.39 is 24.1 Å². The van der Waals surface area contributed by atoms with Gasteiger partial charge < -0.3 is 46.1 Å². The van der Waals surface area contributed by atoms with Crippen LogP contribution in [-0.4, -0.2) is 207 Å². The van der Waals surface area contributed by atoms with Crippen LogP contribution in [0.3, 0.4) is 0 Å². The van der Waals surface area contributed by atoms with Crippen LogP contribution in [0.2, 0.25) is 0 Å². The highest BCUT2D eigenvalue weighted by molar-refractivity contribution is 14.1. The van der Waals surface area contributed by atoms with Crippen molar-refractivity contribution in [2.24, 2.45) is 0 Å². The molecule has 117 heavy (non-hydrogen) atoms. The van der Waals surface area contributed by atoms with Crippen LogP contribution in [0, 0.1) is 28.2 Å². The SMILES string of the molecule is CN(C(=O)/C=C/CN(C)C1CCC1)c1cccc(-n2nc(I)c3c(N)ncnc32)c1.CN(C/C=C/C(=O)Cl)C1CCC1.CNc1cccc(-n2nc(I)c3c(NC(=O)OC(C)(C)C)ncnc32)c1.COc1cc(-c2nn(-c3cccc(N(C)C(=O)/C=C/CN(C)C4CCC4)c3)c3ncnc(N)c23)ccc1C.Cc1ccc(B(O)O)cc1C. The van der Waals surface area contributed by atoms with E-state index in [0.717, 1.165) is 96.9 Å². The molecule has 3 saturated carbocycles. The lowest BCUT2D eigenvalue weighted by atomic mass is 9.79. The molecule has 0 atom stereocenters. The van der Waals surface area contributed by atoms with Gasteiger partial charge in [-0.15, -0.1) is 0 Å². The van der Waals surface area contributed by atoms with E-state index in [-0.39, 0.29) is 11.8 Å². The maximum Gasteiger partial charge on any atom is 0.488 e. The Morgan fingerprint density at radius 1 is 0.573 bits per heavy atom. The Morgan fingerprint density at radius 3 is 1.50 bits per heavy atom. The molecule has 5 aromatic carbocycles. The Kier molecular flexibility index (Phi) is 31.3. The number of allylic oxidation sites excluding steroid dienone is 1. The summed E-state index contributed by atoms with van der Waals surface area (Å²) in [5.74, 6) is 1.71. The van der Waals surface area contributed by atoms with E-state index in [2.05, 4.69) is 132 Å². The molecule has 29 nitrogen and oxygen atoms in total. The number of carbonyl (C=O) groups is 4. The number of hydrogen-bond donors (Lipinski definition) is 6. The average molecular weight is 1830 g/mol. The molecule has 6 heterocycles. The minimum atomic E-state index is -1.35. The zero-order valence-corrected chi connectivity index (χ0v) is 73.2. The van der Waals surface area contributed by atoms with Crippen molar-refractivity contribution >= 4 is 160 Å². The lowest BCUT2D eigenvalue weighted by molar-refractivity contribution is -0.114. The topological polar surface area (TPSA) is 350 Å². The lowest BCUT2D eigenvalue weighted by Gasteiger charge is -2.33. The largest absolute Gasteiger partial charge is 0.496 e. The summed E-state index contributed by atoms with van der Waals surface area (Å²) < 4.78 is 17.4. The van der Waals surface area contributed by atoms with Crippen LogP contribution in [0.4, 0.5) is 39.3 Å². The minimum absolute atomic E-state index is 0.0689. The number of carbonyl (C=O) groups excluding carboxylic acids is 4. The van der Waals surface area contributed by atoms with E-state index in [9.17, 15) is 19.2 Å². The van der Waals surface area contributed by atoms with Crippen molar-refractivity contribution in [3.05, 3.63) is 189 Å². The summed E-state index contributed by atoms with van der Waals surface area (Å²) in [6, 6.07) is 36.3. The molecule has 0 radical (unpaired) electrons. The quantitative estimate of drug-likeness (QED) is 0.0159. The van der Waals surface area contributed by atoms with Crippen LogP contribution >= 0.6 is 56.8 Å². The van der Waals surface area contributed by atoms with Crippen molar-refractivity contribution in [2.75, 3.05) is 101 Å². The van der Waals surface area contributed by atoms with E-state index in [1.54, 1.807) is 90.1 Å². The van der Waals surface area contributed by atoms with Crippen LogP contribution < -0.4 is 42.1 Å². The third kappa shape index (κ3) is 23.3. The number of nitrogen functional groups attached to an aromatic ring is 2. The van der Waals surface area contributed by atoms with Gasteiger partial charge in [0.05, 0.1) is 40.3 Å². The van der Waals surface area contributed by atoms with Gasteiger partial charge in [-0.3, -0.25) is 34.4 Å². The van der Waals surface area contributed by atoms with Gasteiger partial charge in [-0.25, -0.2) is 48.7 Å². The zero-order chi connectivity index (χ0) is 84.4. The number of aromatic nitrogens is 12. The number of amides is 3. The number of hydrogen-bond acceptors (Lipinski definition) is 23. The van der Waals surface area contributed by atoms with Gasteiger partial charge in [-0.05, 0) is 247 Å². The van der Waals surface area contributed by atoms with E-state index in [4.69, 9.17) is 47.7 Å². The molecule has 3 aliphatic rings. The van der Waals surface area contributed by atoms with Crippen molar-refractivity contribution in [2.45, 2.75) is 123 Å². The third-order valence-electron chi connectivity index (χ3n) is 20.5. The molecule has 3 aliphatic carbocycles. The second-order valence-electron chi connectivity index (χ2n) is 29.7. The van der Waals surface area contributed by atoms with Crippen LogP contribution in [0.5, 0.6) is 5.75 Å². The lowest BCUT2D eigenvalue weighted by Crippen LogP contribution is -2.37. The number of nitrogens with zero attached hydrogens (tertiary/aromatic N) is 17. The van der Waals surface area contributed by atoms with Crippen LogP contribution in [0.25, 0.3) is 61.4 Å². The summed E-state index contributed by atoms with van der Waals surface area (Å²) >= 11 is 9.38. The Bertz CT molecular complexity index is 5410. The number of anilines is 6. The molecule has 614 valence electrons. The monoisotopic (exact) mass is 1830 g/mol. The number of benzene rings is 5. The predicted octanol–water partition coefficient (Wildman–Crippen LogP) is 13.0. The molecule has 0 saturated heterocycles. The molecule has 6 aromatic heterocycles. The first-order valence-electron chi connectivity index (χ1n) is 38.4. The molecule has 8 N–H and O–H groups in total. The van der Waals surface area contributed by atoms with Gasteiger partial charge in [0.25, 0.3) is 0 Å². The highest BCUT2D eigenvalue weighted by atomic mass is 127. The minimum Gasteiger partial charge on any atom is -0.496 e. The van der Waals surface area contributed by atoms with E-state index in [0.29, 0.717) is 72.1 Å². The molecule has 11 aromatic rings. The van der Waals surface area contributed by atoms with E-state index in [1.165, 1.54) is 82.8 Å². The number of nitrogens with two attached hydrogens (primary N) is 2. The molecule has 3 amide bonds. The maximum absolute atomic E-state index is 12.9. The Balaban J connectivity index is 0.000000165. The molecule has 0 spiro atoms. The fourth-order valence-electron chi connectivity index (χ4n) is 12.8. The maximum atomic E-state index is 12.9. The van der Waals surface area contributed by atoms with Crippen molar-refractivity contribution in [1.29, 1.82) is 0 Å². The Labute approximate surface area is 714 Å². The number of halogens is 3. The molecule has 14 rings (SSSR count). The smallest absolute Gasteiger partial charge is 0.488 e. The summed E-state index contributed by atoms with van der Waals surface area (Å²) in [7, 11) is 12.0.